The molecule has 1 saturated heterocycles. The van der Waals surface area contributed by atoms with E-state index in [1.165, 1.54) is 7.11 Å². The Morgan fingerprint density at radius 2 is 1.69 bits per heavy atom. The summed E-state index contributed by atoms with van der Waals surface area (Å²) in [5, 5.41) is 0. The summed E-state index contributed by atoms with van der Waals surface area (Å²) in [5.74, 6) is 3.94. The number of carbonyl (C=O) groups excluding carboxylic acids is 4. The van der Waals surface area contributed by atoms with Crippen molar-refractivity contribution in [3.63, 3.8) is 0 Å². The fraction of sp³-hybridized carbons (Fsp3) is 0.657. The molecule has 1 aliphatic carbocycles. The smallest absolute Gasteiger partial charge is 0.409 e. The van der Waals surface area contributed by atoms with Gasteiger partial charge in [-0.3, -0.25) is 4.79 Å². The number of likely N-dealkylation sites (tertiary alicyclic amines) is 1. The molecule has 248 valence electrons. The lowest BCUT2D eigenvalue weighted by molar-refractivity contribution is -0.181. The van der Waals surface area contributed by atoms with Gasteiger partial charge in [-0.25, -0.2) is 14.4 Å². The van der Waals surface area contributed by atoms with E-state index in [1.807, 2.05) is 31.2 Å². The molecule has 1 saturated carbocycles. The van der Waals surface area contributed by atoms with E-state index in [1.54, 1.807) is 46.4 Å². The molecule has 45 heavy (non-hydrogen) atoms. The SMILES string of the molecule is COC(=O)N1CC[C@@H]2[C@H]1CCC[C@]2(C#Cc1cccc(C)c1)OC(=O)[C@](N)(CCCCC(=O)OC(C)(C)C)C(=O)OC(C)(C)C. The van der Waals surface area contributed by atoms with Crippen LogP contribution in [0.15, 0.2) is 24.3 Å². The number of unbranched alkanes of at least 4 members (excludes halogenated alkanes) is 1. The number of methoxy groups -OCH3 is 1. The molecule has 1 amide bonds. The zero-order valence-electron chi connectivity index (χ0n) is 28.1. The summed E-state index contributed by atoms with van der Waals surface area (Å²) in [6, 6.07) is 7.44. The van der Waals surface area contributed by atoms with Gasteiger partial charge in [0.05, 0.1) is 7.11 Å². The van der Waals surface area contributed by atoms with E-state index in [0.29, 0.717) is 38.6 Å². The third-order valence-electron chi connectivity index (χ3n) is 8.06. The van der Waals surface area contributed by atoms with Gasteiger partial charge >= 0.3 is 24.0 Å². The molecule has 10 heteroatoms. The van der Waals surface area contributed by atoms with E-state index in [-0.39, 0.29) is 37.2 Å². The Balaban J connectivity index is 1.95. The molecule has 1 aliphatic heterocycles. The van der Waals surface area contributed by atoms with E-state index < -0.39 is 40.4 Å². The van der Waals surface area contributed by atoms with Gasteiger partial charge in [-0.1, -0.05) is 18.1 Å². The van der Waals surface area contributed by atoms with Crippen LogP contribution in [0, 0.1) is 24.7 Å². The van der Waals surface area contributed by atoms with Crippen LogP contribution in [0.5, 0.6) is 0 Å². The Bertz CT molecular complexity index is 1320. The highest BCUT2D eigenvalue weighted by Crippen LogP contribution is 2.45. The second-order valence-corrected chi connectivity index (χ2v) is 14.2. The standard InChI is InChI=1S/C35H50N2O8/c1-24-13-11-14-25(23-24)17-21-34(19-12-15-27-26(34)18-22-37(27)31(41)42-8)45-30(40)35(36,29(39)44-33(5,6)7)20-10-9-16-28(38)43-32(2,3)4/h11,13-14,23,26-27H,9-10,12,15-16,18-20,22,36H2,1-8H3/t26-,27-,34-,35+/m1/s1. The minimum Gasteiger partial charge on any atom is -0.460 e. The molecule has 0 bridgehead atoms. The number of benzene rings is 1. The van der Waals surface area contributed by atoms with E-state index in [4.69, 9.17) is 24.7 Å². The largest absolute Gasteiger partial charge is 0.460 e. The van der Waals surface area contributed by atoms with Crippen LogP contribution in [-0.2, 0) is 33.3 Å². The lowest BCUT2D eigenvalue weighted by Gasteiger charge is -2.43. The first-order chi connectivity index (χ1) is 20.9. The van der Waals surface area contributed by atoms with Gasteiger partial charge < -0.3 is 29.6 Å². The normalized spacial score (nSPS) is 22.6. The van der Waals surface area contributed by atoms with Gasteiger partial charge in [0.1, 0.15) is 11.2 Å². The molecule has 2 fully saturated rings. The van der Waals surface area contributed by atoms with Gasteiger partial charge in [-0.05, 0) is 117 Å². The molecule has 4 atom stereocenters. The van der Waals surface area contributed by atoms with Gasteiger partial charge in [0, 0.05) is 30.5 Å². The third-order valence-corrected chi connectivity index (χ3v) is 8.06. The van der Waals surface area contributed by atoms with Gasteiger partial charge in [0.2, 0.25) is 5.54 Å². The first-order valence-corrected chi connectivity index (χ1v) is 15.8. The van der Waals surface area contributed by atoms with Crippen LogP contribution in [0.3, 0.4) is 0 Å². The van der Waals surface area contributed by atoms with Crippen molar-refractivity contribution >= 4 is 24.0 Å². The number of hydrogen-bond donors (Lipinski definition) is 1. The molecule has 0 radical (unpaired) electrons. The van der Waals surface area contributed by atoms with E-state index >= 15 is 0 Å². The second kappa shape index (κ2) is 14.2. The molecule has 0 unspecified atom stereocenters. The molecule has 1 heterocycles. The Morgan fingerprint density at radius 3 is 2.31 bits per heavy atom. The Morgan fingerprint density at radius 1 is 1.00 bits per heavy atom. The van der Waals surface area contributed by atoms with Gasteiger partial charge in [0.25, 0.3) is 0 Å². The number of amides is 1. The van der Waals surface area contributed by atoms with E-state index in [0.717, 1.165) is 11.1 Å². The van der Waals surface area contributed by atoms with E-state index in [2.05, 4.69) is 11.8 Å². The molecule has 1 aromatic carbocycles. The number of hydrogen-bond acceptors (Lipinski definition) is 9. The summed E-state index contributed by atoms with van der Waals surface area (Å²) in [7, 11) is 1.34. The van der Waals surface area contributed by atoms with Crippen molar-refractivity contribution in [1.29, 1.82) is 0 Å². The predicted octanol–water partition coefficient (Wildman–Crippen LogP) is 5.21. The summed E-state index contributed by atoms with van der Waals surface area (Å²) in [6.07, 6.45) is 2.47. The number of esters is 3. The highest BCUT2D eigenvalue weighted by atomic mass is 16.6. The molecule has 10 nitrogen and oxygen atoms in total. The van der Waals surface area contributed by atoms with Crippen molar-refractivity contribution in [3.8, 4) is 11.8 Å². The zero-order valence-corrected chi connectivity index (χ0v) is 28.1. The first-order valence-electron chi connectivity index (χ1n) is 15.8. The number of carbonyl (C=O) groups is 4. The average Bonchev–Trinajstić information content (AvgIpc) is 3.37. The van der Waals surface area contributed by atoms with Crippen LogP contribution in [0.2, 0.25) is 0 Å². The molecule has 2 aliphatic rings. The van der Waals surface area contributed by atoms with Crippen LogP contribution >= 0.6 is 0 Å². The second-order valence-electron chi connectivity index (χ2n) is 14.2. The number of ether oxygens (including phenoxy) is 4. The van der Waals surface area contributed by atoms with Crippen molar-refractivity contribution in [2.75, 3.05) is 13.7 Å². The molecule has 1 aromatic rings. The molecular formula is C35H50N2O8. The van der Waals surface area contributed by atoms with Crippen molar-refractivity contribution in [3.05, 3.63) is 35.4 Å². The lowest BCUT2D eigenvalue weighted by Crippen LogP contribution is -2.61. The summed E-state index contributed by atoms with van der Waals surface area (Å²) in [4.78, 5) is 54.3. The fourth-order valence-corrected chi connectivity index (χ4v) is 6.04. The van der Waals surface area contributed by atoms with Gasteiger partial charge in [-0.15, -0.1) is 0 Å². The van der Waals surface area contributed by atoms with Crippen LogP contribution < -0.4 is 5.73 Å². The zero-order chi connectivity index (χ0) is 33.6. The third kappa shape index (κ3) is 9.46. The summed E-state index contributed by atoms with van der Waals surface area (Å²) < 4.78 is 22.4. The van der Waals surface area contributed by atoms with Crippen LogP contribution in [0.4, 0.5) is 4.79 Å². The van der Waals surface area contributed by atoms with Crippen molar-refractivity contribution in [1.82, 2.24) is 4.90 Å². The Kier molecular flexibility index (Phi) is 11.4. The van der Waals surface area contributed by atoms with Crippen molar-refractivity contribution < 1.29 is 38.1 Å². The monoisotopic (exact) mass is 626 g/mol. The summed E-state index contributed by atoms with van der Waals surface area (Å²) in [6.45, 7) is 12.8. The van der Waals surface area contributed by atoms with Gasteiger partial charge in [-0.2, -0.15) is 0 Å². The predicted molar refractivity (Wildman–Crippen MR) is 169 cm³/mol. The summed E-state index contributed by atoms with van der Waals surface area (Å²) >= 11 is 0. The number of aryl methyl sites for hydroxylation is 1. The highest BCUT2D eigenvalue weighted by Gasteiger charge is 2.56. The fourth-order valence-electron chi connectivity index (χ4n) is 6.04. The maximum atomic E-state index is 14.2. The quantitative estimate of drug-likeness (QED) is 0.136. The molecular weight excluding hydrogens is 576 g/mol. The number of nitrogens with two attached hydrogens (primary N) is 1. The lowest BCUT2D eigenvalue weighted by atomic mass is 9.72. The number of nitrogens with zero attached hydrogens (tertiary/aromatic N) is 1. The molecule has 3 rings (SSSR count). The maximum absolute atomic E-state index is 14.2. The maximum Gasteiger partial charge on any atom is 0.409 e. The average molecular weight is 627 g/mol. The molecule has 2 N–H and O–H groups in total. The topological polar surface area (TPSA) is 134 Å². The summed E-state index contributed by atoms with van der Waals surface area (Å²) in [5.41, 5.74) is 3.45. The van der Waals surface area contributed by atoms with Crippen LogP contribution in [0.25, 0.3) is 0 Å². The van der Waals surface area contributed by atoms with Gasteiger partial charge in [0.15, 0.2) is 5.60 Å². The molecule has 0 aromatic heterocycles. The highest BCUT2D eigenvalue weighted by molar-refractivity contribution is 6.05. The molecule has 0 spiro atoms. The van der Waals surface area contributed by atoms with Crippen molar-refractivity contribution in [2.24, 2.45) is 11.7 Å². The number of rotatable bonds is 8. The van der Waals surface area contributed by atoms with E-state index in [9.17, 15) is 19.2 Å². The van der Waals surface area contributed by atoms with Crippen molar-refractivity contribution in [2.45, 2.75) is 128 Å². The first kappa shape index (κ1) is 35.9. The Labute approximate surface area is 267 Å². The van der Waals surface area contributed by atoms with Crippen LogP contribution in [0.1, 0.15) is 104 Å². The Hall–Kier alpha value is -3.58. The minimum atomic E-state index is -2.15. The van der Waals surface area contributed by atoms with Crippen LogP contribution in [-0.4, -0.2) is 70.9 Å². The minimum absolute atomic E-state index is 0.104. The number of fused-ring (bicyclic) bond motifs is 1.